The number of nitrogens with two attached hydrogens (primary N) is 1. The molecule has 0 atom stereocenters. The first-order valence-corrected chi connectivity index (χ1v) is 6.06. The predicted molar refractivity (Wildman–Crippen MR) is 71.8 cm³/mol. The molecule has 0 aliphatic rings. The molecule has 3 N–H and O–H groups in total. The third-order valence-corrected chi connectivity index (χ3v) is 2.75. The number of carbonyl (C=O) groups excluding carboxylic acids is 1. The van der Waals surface area contributed by atoms with E-state index in [0.29, 0.717) is 12.1 Å². The molecule has 5 heteroatoms. The summed E-state index contributed by atoms with van der Waals surface area (Å²) in [5.74, 6) is -0.660. The lowest BCUT2D eigenvalue weighted by atomic mass is 10.2. The van der Waals surface area contributed by atoms with E-state index in [9.17, 15) is 9.18 Å². The highest BCUT2D eigenvalue weighted by molar-refractivity contribution is 5.91. The van der Waals surface area contributed by atoms with Crippen molar-refractivity contribution in [3.63, 3.8) is 0 Å². The zero-order valence-corrected chi connectivity index (χ0v) is 10.9. The van der Waals surface area contributed by atoms with Crippen LogP contribution >= 0.6 is 0 Å². The number of amides is 1. The van der Waals surface area contributed by atoms with Crippen molar-refractivity contribution < 1.29 is 9.18 Å². The molecule has 0 aliphatic carbocycles. The molecule has 18 heavy (non-hydrogen) atoms. The number of hydrogen-bond donors (Lipinski definition) is 2. The van der Waals surface area contributed by atoms with Gasteiger partial charge in [-0.25, -0.2) is 4.39 Å². The fourth-order valence-corrected chi connectivity index (χ4v) is 1.52. The first kappa shape index (κ1) is 14.4. The van der Waals surface area contributed by atoms with Crippen molar-refractivity contribution in [2.45, 2.75) is 19.8 Å². The van der Waals surface area contributed by atoms with Gasteiger partial charge in [0.15, 0.2) is 0 Å². The Labute approximate surface area is 107 Å². The van der Waals surface area contributed by atoms with Crippen LogP contribution in [0.2, 0.25) is 0 Å². The number of rotatable bonds is 6. The van der Waals surface area contributed by atoms with Gasteiger partial charge >= 0.3 is 0 Å². The van der Waals surface area contributed by atoms with E-state index in [1.165, 1.54) is 18.2 Å². The van der Waals surface area contributed by atoms with Crippen LogP contribution in [-0.2, 0) is 4.79 Å². The number of carbonyl (C=O) groups is 1. The smallest absolute Gasteiger partial charge is 0.224 e. The number of nitrogen functional groups attached to an aromatic ring is 1. The SMILES string of the molecule is CCN(C)CCCC(=O)Nc1cc(N)ccc1F. The van der Waals surface area contributed by atoms with E-state index in [0.717, 1.165) is 19.5 Å². The summed E-state index contributed by atoms with van der Waals surface area (Å²) in [5.41, 5.74) is 6.11. The first-order chi connectivity index (χ1) is 8.52. The standard InChI is InChI=1S/C13H20FN3O/c1-3-17(2)8-4-5-13(18)16-12-9-10(15)6-7-11(12)14/h6-7,9H,3-5,8,15H2,1-2H3,(H,16,18). The summed E-state index contributed by atoms with van der Waals surface area (Å²) in [6.07, 6.45) is 1.12. The Kier molecular flexibility index (Phi) is 5.58. The normalized spacial score (nSPS) is 10.7. The summed E-state index contributed by atoms with van der Waals surface area (Å²) in [4.78, 5) is 13.7. The highest BCUT2D eigenvalue weighted by Crippen LogP contribution is 2.17. The van der Waals surface area contributed by atoms with Crippen LogP contribution in [0.5, 0.6) is 0 Å². The summed E-state index contributed by atoms with van der Waals surface area (Å²) in [7, 11) is 2.00. The minimum absolute atomic E-state index is 0.142. The molecule has 0 unspecified atom stereocenters. The molecule has 0 aromatic heterocycles. The monoisotopic (exact) mass is 253 g/mol. The molecule has 1 aromatic carbocycles. The molecule has 0 saturated carbocycles. The number of halogens is 1. The molecule has 0 saturated heterocycles. The van der Waals surface area contributed by atoms with E-state index < -0.39 is 5.82 Å². The maximum atomic E-state index is 13.4. The fraction of sp³-hybridized carbons (Fsp3) is 0.462. The minimum Gasteiger partial charge on any atom is -0.399 e. The van der Waals surface area contributed by atoms with Gasteiger partial charge < -0.3 is 16.0 Å². The molecule has 1 aromatic rings. The zero-order chi connectivity index (χ0) is 13.5. The Morgan fingerprint density at radius 3 is 2.89 bits per heavy atom. The highest BCUT2D eigenvalue weighted by Gasteiger charge is 2.07. The molecule has 0 radical (unpaired) electrons. The maximum absolute atomic E-state index is 13.4. The van der Waals surface area contributed by atoms with E-state index in [1.54, 1.807) is 0 Å². The van der Waals surface area contributed by atoms with Crippen molar-refractivity contribution in [3.05, 3.63) is 24.0 Å². The summed E-state index contributed by atoms with van der Waals surface area (Å²) in [6.45, 7) is 3.86. The van der Waals surface area contributed by atoms with Crippen LogP contribution in [0.4, 0.5) is 15.8 Å². The number of nitrogens with one attached hydrogen (secondary N) is 1. The van der Waals surface area contributed by atoms with Gasteiger partial charge in [-0.2, -0.15) is 0 Å². The molecule has 0 fully saturated rings. The van der Waals surface area contributed by atoms with Crippen LogP contribution < -0.4 is 11.1 Å². The van der Waals surface area contributed by atoms with E-state index in [1.807, 2.05) is 7.05 Å². The predicted octanol–water partition coefficient (Wildman–Crippen LogP) is 2.08. The number of nitrogens with zero attached hydrogens (tertiary/aromatic N) is 1. The van der Waals surface area contributed by atoms with Crippen LogP contribution in [-0.4, -0.2) is 30.9 Å². The lowest BCUT2D eigenvalue weighted by molar-refractivity contribution is -0.116. The van der Waals surface area contributed by atoms with Gasteiger partial charge in [0.2, 0.25) is 5.91 Å². The van der Waals surface area contributed by atoms with E-state index in [2.05, 4.69) is 17.1 Å². The first-order valence-electron chi connectivity index (χ1n) is 6.06. The van der Waals surface area contributed by atoms with Crippen molar-refractivity contribution >= 4 is 17.3 Å². The Bertz CT molecular complexity index is 409. The second kappa shape index (κ2) is 6.96. The average Bonchev–Trinajstić information content (AvgIpc) is 2.33. The molecule has 100 valence electrons. The molecule has 0 aliphatic heterocycles. The van der Waals surface area contributed by atoms with Gasteiger partial charge in [-0.05, 0) is 44.8 Å². The van der Waals surface area contributed by atoms with Gasteiger partial charge in [0.05, 0.1) is 5.69 Å². The lowest BCUT2D eigenvalue weighted by Crippen LogP contribution is -2.21. The summed E-state index contributed by atoms with van der Waals surface area (Å²) in [6, 6.07) is 4.13. The maximum Gasteiger partial charge on any atom is 0.224 e. The van der Waals surface area contributed by atoms with Crippen LogP contribution in [0.15, 0.2) is 18.2 Å². The number of benzene rings is 1. The van der Waals surface area contributed by atoms with E-state index in [-0.39, 0.29) is 11.6 Å². The van der Waals surface area contributed by atoms with E-state index in [4.69, 9.17) is 5.73 Å². The van der Waals surface area contributed by atoms with Gasteiger partial charge in [-0.3, -0.25) is 4.79 Å². The van der Waals surface area contributed by atoms with Crippen molar-refractivity contribution in [2.75, 3.05) is 31.2 Å². The van der Waals surface area contributed by atoms with Gasteiger partial charge in [-0.1, -0.05) is 6.92 Å². The van der Waals surface area contributed by atoms with Crippen LogP contribution in [0.25, 0.3) is 0 Å². The lowest BCUT2D eigenvalue weighted by Gasteiger charge is -2.13. The molecular weight excluding hydrogens is 233 g/mol. The van der Waals surface area contributed by atoms with Crippen LogP contribution in [0, 0.1) is 5.82 Å². The Hall–Kier alpha value is -1.62. The molecular formula is C13H20FN3O. The second-order valence-corrected chi connectivity index (χ2v) is 4.29. The highest BCUT2D eigenvalue weighted by atomic mass is 19.1. The minimum atomic E-state index is -0.469. The Morgan fingerprint density at radius 1 is 1.50 bits per heavy atom. The molecule has 0 heterocycles. The molecule has 0 bridgehead atoms. The summed E-state index contributed by atoms with van der Waals surface area (Å²) in [5, 5.41) is 2.53. The van der Waals surface area contributed by atoms with Gasteiger partial charge in [0, 0.05) is 12.1 Å². The van der Waals surface area contributed by atoms with Crippen molar-refractivity contribution in [1.82, 2.24) is 4.90 Å². The Morgan fingerprint density at radius 2 is 2.22 bits per heavy atom. The third kappa shape index (κ3) is 4.71. The zero-order valence-electron chi connectivity index (χ0n) is 10.9. The topological polar surface area (TPSA) is 58.4 Å². The molecule has 0 spiro atoms. The van der Waals surface area contributed by atoms with Gasteiger partial charge in [0.1, 0.15) is 5.82 Å². The van der Waals surface area contributed by atoms with Crippen LogP contribution in [0.1, 0.15) is 19.8 Å². The molecule has 4 nitrogen and oxygen atoms in total. The Balaban J connectivity index is 2.42. The van der Waals surface area contributed by atoms with Crippen LogP contribution in [0.3, 0.4) is 0 Å². The molecule has 1 amide bonds. The largest absolute Gasteiger partial charge is 0.399 e. The molecule has 1 rings (SSSR count). The van der Waals surface area contributed by atoms with E-state index >= 15 is 0 Å². The third-order valence-electron chi connectivity index (χ3n) is 2.75. The van der Waals surface area contributed by atoms with Crippen molar-refractivity contribution in [3.8, 4) is 0 Å². The van der Waals surface area contributed by atoms with Crippen molar-refractivity contribution in [1.29, 1.82) is 0 Å². The summed E-state index contributed by atoms with van der Waals surface area (Å²) >= 11 is 0. The second-order valence-electron chi connectivity index (χ2n) is 4.29. The summed E-state index contributed by atoms with van der Waals surface area (Å²) < 4.78 is 13.4. The van der Waals surface area contributed by atoms with Crippen molar-refractivity contribution in [2.24, 2.45) is 0 Å². The van der Waals surface area contributed by atoms with Gasteiger partial charge in [-0.15, -0.1) is 0 Å². The average molecular weight is 253 g/mol. The van der Waals surface area contributed by atoms with Gasteiger partial charge in [0.25, 0.3) is 0 Å². The quantitative estimate of drug-likeness (QED) is 0.763. The number of hydrogen-bond acceptors (Lipinski definition) is 3. The fourth-order valence-electron chi connectivity index (χ4n) is 1.52. The number of anilines is 2.